The molecule has 0 spiro atoms. The number of aromatic carboxylic acids is 1. The Bertz CT molecular complexity index is 1090. The molecule has 4 rings (SSSR count). The first-order valence-corrected chi connectivity index (χ1v) is 9.08. The molecule has 0 aliphatic carbocycles. The Morgan fingerprint density at radius 2 is 1.54 bits per heavy atom. The highest BCUT2D eigenvalue weighted by molar-refractivity contribution is 7.17. The second-order valence-corrected chi connectivity index (χ2v) is 6.86. The quantitative estimate of drug-likeness (QED) is 0.439. The van der Waals surface area contributed by atoms with Crippen molar-refractivity contribution in [3.05, 3.63) is 45.9 Å². The number of aromatic amines is 2. The highest BCUT2D eigenvalue weighted by Crippen LogP contribution is 2.26. The number of halogens is 2. The molecule has 0 bridgehead atoms. The van der Waals surface area contributed by atoms with E-state index in [9.17, 15) is 18.4 Å². The van der Waals surface area contributed by atoms with Gasteiger partial charge in [0.25, 0.3) is 0 Å². The van der Waals surface area contributed by atoms with Gasteiger partial charge in [0.1, 0.15) is 11.4 Å². The topological polar surface area (TPSA) is 95.2 Å². The van der Waals surface area contributed by atoms with Crippen molar-refractivity contribution in [1.82, 2.24) is 9.97 Å². The van der Waals surface area contributed by atoms with Crippen molar-refractivity contribution in [2.45, 2.75) is 6.92 Å². The van der Waals surface area contributed by atoms with E-state index in [1.807, 2.05) is 0 Å². The third kappa shape index (κ3) is 3.46. The number of rotatable bonds is 3. The van der Waals surface area contributed by atoms with Gasteiger partial charge in [-0.3, -0.25) is 0 Å². The van der Waals surface area contributed by atoms with Gasteiger partial charge in [-0.05, 0) is 19.1 Å². The molecule has 10 heteroatoms. The maximum Gasteiger partial charge on any atom is 0.354 e. The molecule has 0 aliphatic heterocycles. The van der Waals surface area contributed by atoms with E-state index < -0.39 is 17.8 Å². The molecule has 0 amide bonds. The van der Waals surface area contributed by atoms with Crippen LogP contribution in [0.15, 0.2) is 22.9 Å². The summed E-state index contributed by atoms with van der Waals surface area (Å²) in [6.45, 7) is 2.04. The van der Waals surface area contributed by atoms with Crippen molar-refractivity contribution in [2.24, 2.45) is 0 Å². The molecule has 6 nitrogen and oxygen atoms in total. The number of thiophene rings is 2. The van der Waals surface area contributed by atoms with Gasteiger partial charge in [-0.1, -0.05) is 0 Å². The van der Waals surface area contributed by atoms with E-state index in [1.54, 1.807) is 13.0 Å². The van der Waals surface area contributed by atoms with Crippen molar-refractivity contribution < 1.29 is 28.2 Å². The van der Waals surface area contributed by atoms with Crippen LogP contribution in [-0.2, 0) is 4.74 Å². The first kappa shape index (κ1) is 18.1. The fourth-order valence-electron chi connectivity index (χ4n) is 2.19. The molecule has 0 aliphatic rings. The highest BCUT2D eigenvalue weighted by Gasteiger charge is 2.13. The lowest BCUT2D eigenvalue weighted by Crippen LogP contribution is -2.04. The van der Waals surface area contributed by atoms with Gasteiger partial charge in [0.15, 0.2) is 11.6 Å². The lowest BCUT2D eigenvalue weighted by atomic mass is 10.4. The molecule has 26 heavy (non-hydrogen) atoms. The maximum absolute atomic E-state index is 13.0. The molecule has 0 saturated heterocycles. The average molecular weight is 398 g/mol. The van der Waals surface area contributed by atoms with Crippen LogP contribution in [0.3, 0.4) is 0 Å². The van der Waals surface area contributed by atoms with E-state index in [0.717, 1.165) is 4.70 Å². The smallest absolute Gasteiger partial charge is 0.354 e. The number of hydrogen-bond donors (Lipinski definition) is 3. The molecule has 0 fully saturated rings. The summed E-state index contributed by atoms with van der Waals surface area (Å²) in [5, 5.41) is 11.3. The van der Waals surface area contributed by atoms with Crippen LogP contribution < -0.4 is 0 Å². The Balaban J connectivity index is 0.000000152. The standard InChI is InChI=1S/C9H8FNO2S.C7H4FNO2S/c1-2-13-9(12)6-3-7-8(11-6)5(10)4-14-7;8-3-2-12-5-1-4(7(10)11)9-6(3)5/h3-4,11H,2H2,1H3;1-2,9H,(H,10,11). The van der Waals surface area contributed by atoms with E-state index in [4.69, 9.17) is 9.84 Å². The summed E-state index contributed by atoms with van der Waals surface area (Å²) in [7, 11) is 0. The Morgan fingerprint density at radius 1 is 1.04 bits per heavy atom. The molecule has 3 N–H and O–H groups in total. The number of carbonyl (C=O) groups is 2. The molecule has 0 saturated carbocycles. The largest absolute Gasteiger partial charge is 0.477 e. The van der Waals surface area contributed by atoms with Crippen molar-refractivity contribution in [3.63, 3.8) is 0 Å². The summed E-state index contributed by atoms with van der Waals surface area (Å²) in [5.41, 5.74) is 0.971. The first-order chi connectivity index (χ1) is 12.4. The highest BCUT2D eigenvalue weighted by atomic mass is 32.1. The molecular weight excluding hydrogens is 386 g/mol. The molecule has 4 aromatic heterocycles. The van der Waals surface area contributed by atoms with Crippen LogP contribution in [0.1, 0.15) is 27.9 Å². The number of hydrogen-bond acceptors (Lipinski definition) is 5. The molecule has 0 aromatic carbocycles. The van der Waals surface area contributed by atoms with Gasteiger partial charge < -0.3 is 19.8 Å². The third-order valence-corrected chi connectivity index (χ3v) is 5.15. The average Bonchev–Trinajstić information content (AvgIpc) is 3.33. The predicted octanol–water partition coefficient (Wildman–Crippen LogP) is 4.61. The van der Waals surface area contributed by atoms with Crippen molar-refractivity contribution >= 4 is 55.0 Å². The van der Waals surface area contributed by atoms with Crippen LogP contribution in [0.5, 0.6) is 0 Å². The summed E-state index contributed by atoms with van der Waals surface area (Å²) in [6.07, 6.45) is 0. The lowest BCUT2D eigenvalue weighted by Gasteiger charge is -1.96. The summed E-state index contributed by atoms with van der Waals surface area (Å²) >= 11 is 2.44. The van der Waals surface area contributed by atoms with Crippen LogP contribution in [0, 0.1) is 11.6 Å². The maximum atomic E-state index is 13.0. The second kappa shape index (κ2) is 7.26. The SMILES string of the molecule is CCOC(=O)c1cc2scc(F)c2[nH]1.O=C(O)c1cc2scc(F)c2[nH]1. The van der Waals surface area contributed by atoms with Crippen molar-refractivity contribution in [3.8, 4) is 0 Å². The number of carbonyl (C=O) groups excluding carboxylic acids is 1. The number of fused-ring (bicyclic) bond motifs is 2. The number of carboxylic acids is 1. The van der Waals surface area contributed by atoms with Gasteiger partial charge >= 0.3 is 11.9 Å². The lowest BCUT2D eigenvalue weighted by molar-refractivity contribution is 0.0520. The van der Waals surface area contributed by atoms with Gasteiger partial charge in [0.2, 0.25) is 0 Å². The predicted molar refractivity (Wildman–Crippen MR) is 95.2 cm³/mol. The van der Waals surface area contributed by atoms with Gasteiger partial charge in [-0.15, -0.1) is 22.7 Å². The Morgan fingerprint density at radius 3 is 2.00 bits per heavy atom. The van der Waals surface area contributed by atoms with Gasteiger partial charge in [-0.2, -0.15) is 0 Å². The summed E-state index contributed by atoms with van der Waals surface area (Å²) < 4.78 is 32.0. The monoisotopic (exact) mass is 398 g/mol. The van der Waals surface area contributed by atoms with Crippen LogP contribution >= 0.6 is 22.7 Å². The number of nitrogens with one attached hydrogen (secondary N) is 2. The summed E-state index contributed by atoms with van der Waals surface area (Å²) in [5.74, 6) is -2.25. The van der Waals surface area contributed by atoms with Gasteiger partial charge in [-0.25, -0.2) is 18.4 Å². The molecule has 0 radical (unpaired) electrons. The minimum Gasteiger partial charge on any atom is -0.477 e. The summed E-state index contributed by atoms with van der Waals surface area (Å²) in [4.78, 5) is 26.9. The van der Waals surface area contributed by atoms with Crippen molar-refractivity contribution in [1.29, 1.82) is 0 Å². The van der Waals surface area contributed by atoms with Crippen molar-refractivity contribution in [2.75, 3.05) is 6.61 Å². The van der Waals surface area contributed by atoms with Gasteiger partial charge in [0, 0.05) is 10.8 Å². The van der Waals surface area contributed by atoms with Crippen LogP contribution in [0.25, 0.3) is 20.4 Å². The van der Waals surface area contributed by atoms with Crippen LogP contribution in [0.2, 0.25) is 0 Å². The molecule has 4 aromatic rings. The number of aromatic nitrogens is 2. The zero-order chi connectivity index (χ0) is 18.8. The second-order valence-electron chi connectivity index (χ2n) is 5.04. The number of ether oxygens (including phenoxy) is 1. The summed E-state index contributed by atoms with van der Waals surface area (Å²) in [6, 6.07) is 3.02. The van der Waals surface area contributed by atoms with Crippen LogP contribution in [-0.4, -0.2) is 33.6 Å². The molecule has 0 unspecified atom stereocenters. The van der Waals surface area contributed by atoms with E-state index in [0.29, 0.717) is 22.5 Å². The first-order valence-electron chi connectivity index (χ1n) is 7.32. The van der Waals surface area contributed by atoms with E-state index in [-0.39, 0.29) is 17.0 Å². The number of H-pyrrole nitrogens is 2. The fourth-order valence-corrected chi connectivity index (χ4v) is 3.80. The van der Waals surface area contributed by atoms with E-state index in [2.05, 4.69) is 9.97 Å². The van der Waals surface area contributed by atoms with E-state index in [1.165, 1.54) is 39.5 Å². The molecule has 4 heterocycles. The fraction of sp³-hybridized carbons (Fsp3) is 0.125. The number of esters is 1. The third-order valence-electron chi connectivity index (χ3n) is 3.35. The molecule has 136 valence electrons. The minimum absolute atomic E-state index is 0.0238. The Labute approximate surface area is 153 Å². The number of carboxylic acid groups (broad SMARTS) is 1. The minimum atomic E-state index is -1.07. The van der Waals surface area contributed by atoms with E-state index >= 15 is 0 Å². The zero-order valence-corrected chi connectivity index (χ0v) is 14.9. The normalized spacial score (nSPS) is 10.7. The molecule has 0 atom stereocenters. The zero-order valence-electron chi connectivity index (χ0n) is 13.3. The van der Waals surface area contributed by atoms with Crippen LogP contribution in [0.4, 0.5) is 8.78 Å². The van der Waals surface area contributed by atoms with Gasteiger partial charge in [0.05, 0.1) is 27.0 Å². The Kier molecular flexibility index (Phi) is 5.05. The molecular formula is C16H12F2N2O4S2. The Hall–Kier alpha value is -2.72.